The molecule has 4 heterocycles. The first-order valence-electron chi connectivity index (χ1n) is 8.46. The maximum atomic E-state index is 13.6. The summed E-state index contributed by atoms with van der Waals surface area (Å²) in [5, 5.41) is 3.90. The minimum atomic E-state index is -4.66. The summed E-state index contributed by atoms with van der Waals surface area (Å²) >= 11 is 0. The van der Waals surface area contributed by atoms with Crippen LogP contribution in [0.5, 0.6) is 0 Å². The van der Waals surface area contributed by atoms with Crippen LogP contribution in [0.2, 0.25) is 0 Å². The topological polar surface area (TPSA) is 76.3 Å². The van der Waals surface area contributed by atoms with Crippen molar-refractivity contribution in [1.82, 2.24) is 29.5 Å². The van der Waals surface area contributed by atoms with Gasteiger partial charge >= 0.3 is 6.18 Å². The van der Waals surface area contributed by atoms with Crippen LogP contribution < -0.4 is 0 Å². The van der Waals surface area contributed by atoms with Gasteiger partial charge in [-0.05, 0) is 25.3 Å². The molecule has 0 N–H and O–H groups in total. The lowest BCUT2D eigenvalue weighted by molar-refractivity contribution is -0.142. The Bertz CT molecular complexity index is 979. The maximum absolute atomic E-state index is 13.6. The van der Waals surface area contributed by atoms with E-state index in [0.717, 1.165) is 25.3 Å². The fourth-order valence-electron chi connectivity index (χ4n) is 3.12. The van der Waals surface area contributed by atoms with E-state index in [9.17, 15) is 18.0 Å². The number of fused-ring (bicyclic) bond motifs is 1. The normalized spacial score (nSPS) is 15.3. The molecule has 1 aliphatic rings. The molecule has 0 spiro atoms. The SMILES string of the molecule is O=C(c1cc2nc(-c3cncnc3)cc(C(F)(F)F)n2n1)N1CCCCC1. The van der Waals surface area contributed by atoms with Crippen molar-refractivity contribution in [3.63, 3.8) is 0 Å². The molecule has 10 heteroatoms. The summed E-state index contributed by atoms with van der Waals surface area (Å²) in [6.07, 6.45) is 2.16. The summed E-state index contributed by atoms with van der Waals surface area (Å²) in [6, 6.07) is 2.17. The average molecular weight is 376 g/mol. The number of piperidine rings is 1. The molecular formula is C17H15F3N6O. The van der Waals surface area contributed by atoms with Gasteiger partial charge in [-0.3, -0.25) is 4.79 Å². The van der Waals surface area contributed by atoms with Crippen LogP contribution in [0.1, 0.15) is 35.4 Å². The Morgan fingerprint density at radius 3 is 2.41 bits per heavy atom. The van der Waals surface area contributed by atoms with Gasteiger partial charge in [0.05, 0.1) is 5.69 Å². The number of carbonyl (C=O) groups is 1. The van der Waals surface area contributed by atoms with E-state index in [2.05, 4.69) is 20.1 Å². The summed E-state index contributed by atoms with van der Waals surface area (Å²) in [5.41, 5.74) is -0.702. The van der Waals surface area contributed by atoms with Crippen molar-refractivity contribution in [3.05, 3.63) is 42.2 Å². The number of aromatic nitrogens is 5. The number of halogens is 3. The monoisotopic (exact) mass is 376 g/mol. The van der Waals surface area contributed by atoms with Crippen LogP contribution in [0.25, 0.3) is 16.9 Å². The molecular weight excluding hydrogens is 361 g/mol. The zero-order valence-electron chi connectivity index (χ0n) is 14.1. The summed E-state index contributed by atoms with van der Waals surface area (Å²) in [7, 11) is 0. The fraction of sp³-hybridized carbons (Fsp3) is 0.353. The second kappa shape index (κ2) is 6.60. The van der Waals surface area contributed by atoms with Crippen molar-refractivity contribution in [3.8, 4) is 11.3 Å². The van der Waals surface area contributed by atoms with E-state index in [0.29, 0.717) is 23.2 Å². The number of amides is 1. The predicted molar refractivity (Wildman–Crippen MR) is 88.8 cm³/mol. The highest BCUT2D eigenvalue weighted by Crippen LogP contribution is 2.32. The van der Waals surface area contributed by atoms with Gasteiger partial charge in [0.2, 0.25) is 0 Å². The highest BCUT2D eigenvalue weighted by atomic mass is 19.4. The van der Waals surface area contributed by atoms with E-state index < -0.39 is 11.9 Å². The molecule has 0 atom stereocenters. The molecule has 140 valence electrons. The Morgan fingerprint density at radius 1 is 1.04 bits per heavy atom. The molecule has 0 radical (unpaired) electrons. The number of carbonyl (C=O) groups excluding carboxylic acids is 1. The quantitative estimate of drug-likeness (QED) is 0.687. The van der Waals surface area contributed by atoms with Crippen LogP contribution in [0.4, 0.5) is 13.2 Å². The number of rotatable bonds is 2. The first-order chi connectivity index (χ1) is 12.9. The second-order valence-electron chi connectivity index (χ2n) is 6.30. The maximum Gasteiger partial charge on any atom is 0.433 e. The van der Waals surface area contributed by atoms with E-state index in [1.807, 2.05) is 0 Å². The van der Waals surface area contributed by atoms with E-state index in [4.69, 9.17) is 0 Å². The van der Waals surface area contributed by atoms with E-state index >= 15 is 0 Å². The lowest BCUT2D eigenvalue weighted by Gasteiger charge is -2.25. The third kappa shape index (κ3) is 3.34. The van der Waals surface area contributed by atoms with Crippen molar-refractivity contribution in [1.29, 1.82) is 0 Å². The van der Waals surface area contributed by atoms with Crippen LogP contribution in [-0.4, -0.2) is 48.5 Å². The highest BCUT2D eigenvalue weighted by Gasteiger charge is 2.36. The van der Waals surface area contributed by atoms with Gasteiger partial charge in [0.25, 0.3) is 5.91 Å². The Hall–Kier alpha value is -3.04. The molecule has 4 rings (SSSR count). The molecule has 1 aliphatic heterocycles. The summed E-state index contributed by atoms with van der Waals surface area (Å²) in [6.45, 7) is 1.16. The predicted octanol–water partition coefficient (Wildman–Crippen LogP) is 2.83. The lowest BCUT2D eigenvalue weighted by Crippen LogP contribution is -2.35. The molecule has 3 aromatic rings. The van der Waals surface area contributed by atoms with Gasteiger partial charge < -0.3 is 4.90 Å². The minimum absolute atomic E-state index is 0.0450. The molecule has 0 unspecified atom stereocenters. The van der Waals surface area contributed by atoms with Crippen LogP contribution in [0.3, 0.4) is 0 Å². The molecule has 1 saturated heterocycles. The van der Waals surface area contributed by atoms with Crippen LogP contribution in [-0.2, 0) is 6.18 Å². The number of hydrogen-bond acceptors (Lipinski definition) is 5. The molecule has 1 amide bonds. The Balaban J connectivity index is 1.82. The first-order valence-corrected chi connectivity index (χ1v) is 8.46. The molecule has 0 aliphatic carbocycles. The molecule has 7 nitrogen and oxygen atoms in total. The zero-order valence-corrected chi connectivity index (χ0v) is 14.1. The molecule has 1 fully saturated rings. The Morgan fingerprint density at radius 2 is 1.74 bits per heavy atom. The number of hydrogen-bond donors (Lipinski definition) is 0. The van der Waals surface area contributed by atoms with Gasteiger partial charge in [0, 0.05) is 37.1 Å². The molecule has 0 saturated carbocycles. The van der Waals surface area contributed by atoms with Crippen molar-refractivity contribution < 1.29 is 18.0 Å². The summed E-state index contributed by atoms with van der Waals surface area (Å²) < 4.78 is 41.4. The van der Waals surface area contributed by atoms with Crippen LogP contribution >= 0.6 is 0 Å². The Kier molecular flexibility index (Phi) is 4.25. The van der Waals surface area contributed by atoms with Crippen LogP contribution in [0, 0.1) is 0 Å². The highest BCUT2D eigenvalue weighted by molar-refractivity contribution is 5.93. The van der Waals surface area contributed by atoms with E-state index in [-0.39, 0.29) is 22.9 Å². The minimum Gasteiger partial charge on any atom is -0.337 e. The second-order valence-corrected chi connectivity index (χ2v) is 6.30. The number of alkyl halides is 3. The molecule has 27 heavy (non-hydrogen) atoms. The lowest BCUT2D eigenvalue weighted by atomic mass is 10.1. The average Bonchev–Trinajstić information content (AvgIpc) is 3.11. The molecule has 3 aromatic heterocycles. The van der Waals surface area contributed by atoms with Gasteiger partial charge in [-0.15, -0.1) is 0 Å². The van der Waals surface area contributed by atoms with E-state index in [1.54, 1.807) is 4.90 Å². The van der Waals surface area contributed by atoms with Gasteiger partial charge in [-0.25, -0.2) is 19.5 Å². The third-order valence-electron chi connectivity index (χ3n) is 4.44. The third-order valence-corrected chi connectivity index (χ3v) is 4.44. The van der Waals surface area contributed by atoms with Gasteiger partial charge in [-0.2, -0.15) is 18.3 Å². The number of likely N-dealkylation sites (tertiary alicyclic amines) is 1. The summed E-state index contributed by atoms with van der Waals surface area (Å²) in [4.78, 5) is 26.1. The van der Waals surface area contributed by atoms with Crippen molar-refractivity contribution >= 4 is 11.6 Å². The Labute approximate surface area is 151 Å². The van der Waals surface area contributed by atoms with E-state index in [1.165, 1.54) is 24.8 Å². The van der Waals surface area contributed by atoms with Crippen molar-refractivity contribution in [2.45, 2.75) is 25.4 Å². The van der Waals surface area contributed by atoms with Crippen LogP contribution in [0.15, 0.2) is 30.9 Å². The van der Waals surface area contributed by atoms with Gasteiger partial charge in [0.1, 0.15) is 6.33 Å². The zero-order chi connectivity index (χ0) is 19.0. The largest absolute Gasteiger partial charge is 0.433 e. The molecule has 0 bridgehead atoms. The first kappa shape index (κ1) is 17.4. The van der Waals surface area contributed by atoms with Crippen molar-refractivity contribution in [2.24, 2.45) is 0 Å². The number of nitrogens with zero attached hydrogens (tertiary/aromatic N) is 6. The standard InChI is InChI=1S/C17H15F3N6O/c18-17(19,20)14-6-12(11-8-21-10-22-9-11)23-15-7-13(24-26(14)15)16(27)25-4-2-1-3-5-25/h6-10H,1-5H2. The molecule has 0 aromatic carbocycles. The summed E-state index contributed by atoms with van der Waals surface area (Å²) in [5.74, 6) is -0.377. The smallest absolute Gasteiger partial charge is 0.337 e. The fourth-order valence-corrected chi connectivity index (χ4v) is 3.12. The van der Waals surface area contributed by atoms with Crippen molar-refractivity contribution in [2.75, 3.05) is 13.1 Å². The van der Waals surface area contributed by atoms with Gasteiger partial charge in [-0.1, -0.05) is 0 Å². The van der Waals surface area contributed by atoms with Gasteiger partial charge in [0.15, 0.2) is 17.0 Å².